The van der Waals surface area contributed by atoms with Crippen LogP contribution in [0, 0.1) is 0 Å². The molecule has 0 aliphatic heterocycles. The number of nitrogens with one attached hydrogen (secondary N) is 1. The number of para-hydroxylation sites is 1. The molecule has 134 valence electrons. The molecule has 3 aromatic rings. The number of amides is 1. The molecular formula is C20H22N4O2. The summed E-state index contributed by atoms with van der Waals surface area (Å²) >= 11 is 0. The summed E-state index contributed by atoms with van der Waals surface area (Å²) in [7, 11) is 1.63. The summed E-state index contributed by atoms with van der Waals surface area (Å²) in [5, 5.41) is 4.32. The minimum Gasteiger partial charge on any atom is -0.380 e. The molecular weight excluding hydrogens is 328 g/mol. The van der Waals surface area contributed by atoms with Crippen LogP contribution < -0.4 is 16.8 Å². The smallest absolute Gasteiger partial charge is 0.250 e. The van der Waals surface area contributed by atoms with Crippen molar-refractivity contribution in [1.82, 2.24) is 4.98 Å². The maximum Gasteiger partial charge on any atom is 0.250 e. The van der Waals surface area contributed by atoms with Crippen LogP contribution in [0.2, 0.25) is 0 Å². The lowest BCUT2D eigenvalue weighted by atomic mass is 10.0. The van der Waals surface area contributed by atoms with Crippen molar-refractivity contribution in [1.29, 1.82) is 0 Å². The molecule has 3 rings (SSSR count). The summed E-state index contributed by atoms with van der Waals surface area (Å²) in [5.41, 5.74) is 15.3. The van der Waals surface area contributed by atoms with E-state index in [2.05, 4.69) is 10.3 Å². The van der Waals surface area contributed by atoms with Gasteiger partial charge in [0.15, 0.2) is 0 Å². The molecule has 0 saturated heterocycles. The third kappa shape index (κ3) is 3.51. The molecule has 1 atom stereocenters. The minimum absolute atomic E-state index is 0.0883. The molecule has 1 amide bonds. The zero-order valence-electron chi connectivity index (χ0n) is 14.6. The van der Waals surface area contributed by atoms with Crippen molar-refractivity contribution in [3.8, 4) is 0 Å². The molecule has 0 spiro atoms. The molecule has 26 heavy (non-hydrogen) atoms. The van der Waals surface area contributed by atoms with Gasteiger partial charge in [-0.3, -0.25) is 9.78 Å². The summed E-state index contributed by atoms with van der Waals surface area (Å²) < 4.78 is 5.31. The fourth-order valence-corrected chi connectivity index (χ4v) is 3.04. The number of ether oxygens (including phenoxy) is 1. The van der Waals surface area contributed by atoms with Crippen molar-refractivity contribution >= 4 is 22.5 Å². The summed E-state index contributed by atoms with van der Waals surface area (Å²) in [5.74, 6) is -0.507. The predicted molar refractivity (Wildman–Crippen MR) is 103 cm³/mol. The third-order valence-corrected chi connectivity index (χ3v) is 4.30. The van der Waals surface area contributed by atoms with E-state index in [0.717, 1.165) is 22.2 Å². The fourth-order valence-electron chi connectivity index (χ4n) is 3.04. The number of pyridine rings is 1. The standard InChI is InChI=1S/C20H22N4O2/c1-26-12-14-11-23-19-15(8-5-9-16(19)20(22)25)18(14)24-17(10-21)13-6-3-2-4-7-13/h2-9,11,17H,10,12,21H2,1H3,(H2,22,25)(H,23,24). The normalized spacial score (nSPS) is 12.1. The third-order valence-electron chi connectivity index (χ3n) is 4.30. The van der Waals surface area contributed by atoms with E-state index in [1.807, 2.05) is 36.4 Å². The quantitative estimate of drug-likeness (QED) is 0.608. The van der Waals surface area contributed by atoms with E-state index in [-0.39, 0.29) is 6.04 Å². The number of hydrogen-bond donors (Lipinski definition) is 3. The van der Waals surface area contributed by atoms with E-state index in [1.54, 1.807) is 25.4 Å². The first kappa shape index (κ1) is 17.8. The van der Waals surface area contributed by atoms with Gasteiger partial charge in [-0.1, -0.05) is 42.5 Å². The van der Waals surface area contributed by atoms with Crippen LogP contribution in [0.4, 0.5) is 5.69 Å². The van der Waals surface area contributed by atoms with Gasteiger partial charge in [-0.25, -0.2) is 0 Å². The molecule has 1 unspecified atom stereocenters. The number of fused-ring (bicyclic) bond motifs is 1. The van der Waals surface area contributed by atoms with Gasteiger partial charge in [0.25, 0.3) is 5.91 Å². The highest BCUT2D eigenvalue weighted by Gasteiger charge is 2.17. The van der Waals surface area contributed by atoms with Crippen molar-refractivity contribution in [3.05, 3.63) is 71.4 Å². The first-order valence-corrected chi connectivity index (χ1v) is 8.36. The van der Waals surface area contributed by atoms with Gasteiger partial charge in [0.1, 0.15) is 0 Å². The Bertz CT molecular complexity index is 912. The first-order valence-electron chi connectivity index (χ1n) is 8.36. The van der Waals surface area contributed by atoms with Crippen molar-refractivity contribution in [2.45, 2.75) is 12.6 Å². The molecule has 0 bridgehead atoms. The van der Waals surface area contributed by atoms with Gasteiger partial charge >= 0.3 is 0 Å². The average Bonchev–Trinajstić information content (AvgIpc) is 2.67. The van der Waals surface area contributed by atoms with E-state index in [1.165, 1.54) is 0 Å². The molecule has 1 heterocycles. The number of hydrogen-bond acceptors (Lipinski definition) is 5. The largest absolute Gasteiger partial charge is 0.380 e. The Balaban J connectivity index is 2.14. The van der Waals surface area contributed by atoms with E-state index in [9.17, 15) is 4.79 Å². The lowest BCUT2D eigenvalue weighted by Crippen LogP contribution is -2.22. The lowest BCUT2D eigenvalue weighted by molar-refractivity contribution is 0.100. The van der Waals surface area contributed by atoms with Crippen LogP contribution in [-0.2, 0) is 11.3 Å². The maximum absolute atomic E-state index is 11.8. The zero-order valence-corrected chi connectivity index (χ0v) is 14.6. The molecule has 1 aromatic heterocycles. The summed E-state index contributed by atoms with van der Waals surface area (Å²) in [6.07, 6.45) is 1.71. The number of carbonyl (C=O) groups excluding carboxylic acids is 1. The molecule has 0 radical (unpaired) electrons. The molecule has 2 aromatic carbocycles. The molecule has 0 aliphatic rings. The summed E-state index contributed by atoms with van der Waals surface area (Å²) in [6, 6.07) is 15.3. The number of nitrogens with zero attached hydrogens (tertiary/aromatic N) is 1. The number of anilines is 1. The highest BCUT2D eigenvalue weighted by molar-refractivity contribution is 6.08. The fraction of sp³-hybridized carbons (Fsp3) is 0.200. The number of carbonyl (C=O) groups is 1. The van der Waals surface area contributed by atoms with Crippen LogP contribution in [-0.4, -0.2) is 24.5 Å². The maximum atomic E-state index is 11.8. The SMILES string of the molecule is COCc1cnc2c(C(N)=O)cccc2c1NC(CN)c1ccccc1. The van der Waals surface area contributed by atoms with E-state index >= 15 is 0 Å². The highest BCUT2D eigenvalue weighted by atomic mass is 16.5. The number of primary amides is 1. The van der Waals surface area contributed by atoms with Crippen LogP contribution in [0.5, 0.6) is 0 Å². The molecule has 0 aliphatic carbocycles. The Morgan fingerprint density at radius 1 is 1.19 bits per heavy atom. The van der Waals surface area contributed by atoms with Gasteiger partial charge in [-0.05, 0) is 11.6 Å². The van der Waals surface area contributed by atoms with E-state index in [4.69, 9.17) is 16.2 Å². The van der Waals surface area contributed by atoms with Gasteiger partial charge in [-0.2, -0.15) is 0 Å². The van der Waals surface area contributed by atoms with Crippen LogP contribution in [0.1, 0.15) is 27.5 Å². The second-order valence-electron chi connectivity index (χ2n) is 6.00. The highest BCUT2D eigenvalue weighted by Crippen LogP contribution is 2.31. The topological polar surface area (TPSA) is 103 Å². The predicted octanol–water partition coefficient (Wildman–Crippen LogP) is 2.59. The zero-order chi connectivity index (χ0) is 18.5. The van der Waals surface area contributed by atoms with Crippen molar-refractivity contribution < 1.29 is 9.53 Å². The van der Waals surface area contributed by atoms with Crippen LogP contribution in [0.15, 0.2) is 54.7 Å². The molecule has 0 fully saturated rings. The Hall–Kier alpha value is -2.96. The lowest BCUT2D eigenvalue weighted by Gasteiger charge is -2.22. The van der Waals surface area contributed by atoms with E-state index in [0.29, 0.717) is 24.2 Å². The molecule has 6 heteroatoms. The van der Waals surface area contributed by atoms with Crippen LogP contribution in [0.25, 0.3) is 10.9 Å². The summed E-state index contributed by atoms with van der Waals surface area (Å²) in [6.45, 7) is 0.800. The second kappa shape index (κ2) is 7.95. The Morgan fingerprint density at radius 2 is 1.96 bits per heavy atom. The second-order valence-corrected chi connectivity index (χ2v) is 6.00. The number of methoxy groups -OCH3 is 1. The Kier molecular flexibility index (Phi) is 5.46. The Labute approximate surface area is 152 Å². The monoisotopic (exact) mass is 350 g/mol. The van der Waals surface area contributed by atoms with Crippen molar-refractivity contribution in [2.24, 2.45) is 11.5 Å². The Morgan fingerprint density at radius 3 is 2.62 bits per heavy atom. The first-order chi connectivity index (χ1) is 12.7. The van der Waals surface area contributed by atoms with Gasteiger partial charge in [0.05, 0.1) is 29.4 Å². The van der Waals surface area contributed by atoms with Gasteiger partial charge in [0.2, 0.25) is 0 Å². The van der Waals surface area contributed by atoms with Gasteiger partial charge in [0, 0.05) is 30.8 Å². The molecule has 0 saturated carbocycles. The number of rotatable bonds is 7. The average molecular weight is 350 g/mol. The van der Waals surface area contributed by atoms with Gasteiger partial charge in [-0.15, -0.1) is 0 Å². The van der Waals surface area contributed by atoms with Crippen LogP contribution >= 0.6 is 0 Å². The summed E-state index contributed by atoms with van der Waals surface area (Å²) in [4.78, 5) is 16.2. The van der Waals surface area contributed by atoms with Crippen LogP contribution in [0.3, 0.4) is 0 Å². The van der Waals surface area contributed by atoms with E-state index < -0.39 is 5.91 Å². The van der Waals surface area contributed by atoms with Crippen molar-refractivity contribution in [3.63, 3.8) is 0 Å². The van der Waals surface area contributed by atoms with Crippen molar-refractivity contribution in [2.75, 3.05) is 19.0 Å². The number of aromatic nitrogens is 1. The minimum atomic E-state index is -0.507. The molecule has 6 nitrogen and oxygen atoms in total. The molecule has 5 N–H and O–H groups in total. The number of benzene rings is 2. The number of nitrogens with two attached hydrogens (primary N) is 2. The van der Waals surface area contributed by atoms with Gasteiger partial charge < -0.3 is 21.5 Å².